The van der Waals surface area contributed by atoms with E-state index in [0.29, 0.717) is 40.1 Å². The average Bonchev–Trinajstić information content (AvgIpc) is 3.05. The van der Waals surface area contributed by atoms with E-state index in [1.165, 1.54) is 0 Å². The smallest absolute Gasteiger partial charge is 0.306 e. The first kappa shape index (κ1) is 21.7. The lowest BCUT2D eigenvalue weighted by Crippen LogP contribution is -2.24. The van der Waals surface area contributed by atoms with E-state index >= 15 is 0 Å². The predicted octanol–water partition coefficient (Wildman–Crippen LogP) is 4.92. The largest absolute Gasteiger partial charge is 0.326 e. The zero-order valence-electron chi connectivity index (χ0n) is 17.6. The molecule has 4 rings (SSSR count). The quantitative estimate of drug-likeness (QED) is 0.232. The Morgan fingerprint density at radius 1 is 1.10 bits per heavy atom. The van der Waals surface area contributed by atoms with Gasteiger partial charge in [0.2, 0.25) is 0 Å². The molecule has 0 aliphatic heterocycles. The number of aromatic nitrogens is 4. The van der Waals surface area contributed by atoms with E-state index in [1.54, 1.807) is 39.1 Å². The topological polar surface area (TPSA) is 72.7 Å². The van der Waals surface area contributed by atoms with Gasteiger partial charge in [0, 0.05) is 23.9 Å². The van der Waals surface area contributed by atoms with E-state index in [2.05, 4.69) is 18.8 Å². The number of para-hydroxylation sites is 2. The summed E-state index contributed by atoms with van der Waals surface area (Å²) in [5, 5.41) is 1.85. The lowest BCUT2D eigenvalue weighted by molar-refractivity contribution is 0.481. The number of aromatic amines is 1. The van der Waals surface area contributed by atoms with Gasteiger partial charge in [-0.1, -0.05) is 49.3 Å². The molecule has 2 heterocycles. The molecule has 0 unspecified atom stereocenters. The van der Waals surface area contributed by atoms with Crippen molar-refractivity contribution < 1.29 is 0 Å². The number of rotatable bonds is 8. The van der Waals surface area contributed by atoms with Crippen LogP contribution in [0.25, 0.3) is 21.9 Å². The number of fused-ring (bicyclic) bond motifs is 2. The fourth-order valence-electron chi connectivity index (χ4n) is 3.58. The van der Waals surface area contributed by atoms with Gasteiger partial charge in [-0.2, -0.15) is 0 Å². The molecule has 0 bridgehead atoms. The van der Waals surface area contributed by atoms with Crippen LogP contribution < -0.4 is 11.2 Å². The van der Waals surface area contributed by atoms with Gasteiger partial charge in [-0.3, -0.25) is 13.9 Å². The van der Waals surface area contributed by atoms with Crippen LogP contribution in [0.4, 0.5) is 0 Å². The van der Waals surface area contributed by atoms with Crippen molar-refractivity contribution >= 4 is 45.3 Å². The fraction of sp³-hybridized carbons (Fsp3) is 0.348. The third-order valence-corrected chi connectivity index (χ3v) is 6.55. The molecule has 6 nitrogen and oxygen atoms in total. The van der Waals surface area contributed by atoms with Crippen LogP contribution in [0.1, 0.15) is 26.7 Å². The maximum atomic E-state index is 13.1. The number of nitrogens with one attached hydrogen (secondary N) is 1. The summed E-state index contributed by atoms with van der Waals surface area (Å²) in [6, 6.07) is 12.9. The molecule has 0 radical (unpaired) electrons. The Hall–Kier alpha value is -2.51. The highest BCUT2D eigenvalue weighted by Crippen LogP contribution is 2.22. The van der Waals surface area contributed by atoms with Crippen molar-refractivity contribution in [2.24, 2.45) is 5.92 Å². The lowest BCUT2D eigenvalue weighted by atomic mass is 10.1. The third kappa shape index (κ3) is 4.72. The van der Waals surface area contributed by atoms with Gasteiger partial charge >= 0.3 is 5.69 Å². The van der Waals surface area contributed by atoms with Crippen molar-refractivity contribution in [2.75, 3.05) is 5.75 Å². The van der Waals surface area contributed by atoms with E-state index in [1.807, 2.05) is 24.3 Å². The molecule has 0 fully saturated rings. The van der Waals surface area contributed by atoms with E-state index in [4.69, 9.17) is 16.6 Å². The van der Waals surface area contributed by atoms with Crippen LogP contribution >= 0.6 is 23.4 Å². The first-order valence-corrected chi connectivity index (χ1v) is 11.8. The number of imidazole rings is 1. The molecule has 0 spiro atoms. The molecule has 0 amide bonds. The number of hydrogen-bond acceptors (Lipinski definition) is 4. The molecule has 8 heteroatoms. The highest BCUT2D eigenvalue weighted by molar-refractivity contribution is 7.99. The number of nitrogens with zero attached hydrogens (tertiary/aromatic N) is 3. The molecular formula is C23H25ClN4O2S. The molecule has 1 N–H and O–H groups in total. The molecule has 2 aromatic heterocycles. The van der Waals surface area contributed by atoms with Crippen LogP contribution in [0.3, 0.4) is 0 Å². The molecule has 162 valence electrons. The van der Waals surface area contributed by atoms with Crippen LogP contribution in [0, 0.1) is 5.92 Å². The summed E-state index contributed by atoms with van der Waals surface area (Å²) in [6.45, 7) is 5.52. The highest BCUT2D eigenvalue weighted by atomic mass is 35.5. The Morgan fingerprint density at radius 3 is 2.71 bits per heavy atom. The van der Waals surface area contributed by atoms with E-state index in [-0.39, 0.29) is 11.2 Å². The van der Waals surface area contributed by atoms with Crippen molar-refractivity contribution in [3.05, 3.63) is 68.3 Å². The summed E-state index contributed by atoms with van der Waals surface area (Å²) in [7, 11) is 0. The normalized spacial score (nSPS) is 11.7. The van der Waals surface area contributed by atoms with E-state index in [9.17, 15) is 9.59 Å². The van der Waals surface area contributed by atoms with Gasteiger partial charge in [0.15, 0.2) is 5.16 Å². The van der Waals surface area contributed by atoms with Gasteiger partial charge < -0.3 is 4.98 Å². The van der Waals surface area contributed by atoms with Gasteiger partial charge in [-0.05, 0) is 49.1 Å². The SMILES string of the molecule is CC(C)CCn1c(SCCCn2c(=O)[nH]c3ccccc32)nc2cc(Cl)ccc2c1=O. The maximum Gasteiger partial charge on any atom is 0.326 e. The third-order valence-electron chi connectivity index (χ3n) is 5.25. The number of halogens is 1. The molecule has 0 aliphatic carbocycles. The van der Waals surface area contributed by atoms with Gasteiger partial charge in [-0.15, -0.1) is 0 Å². The van der Waals surface area contributed by atoms with Crippen molar-refractivity contribution in [3.8, 4) is 0 Å². The number of hydrogen-bond donors (Lipinski definition) is 1. The number of benzene rings is 2. The van der Waals surface area contributed by atoms with Crippen molar-refractivity contribution in [1.29, 1.82) is 0 Å². The van der Waals surface area contributed by atoms with Crippen LogP contribution in [0.15, 0.2) is 57.2 Å². The first-order chi connectivity index (χ1) is 14.9. The van der Waals surface area contributed by atoms with Gasteiger partial charge in [0.1, 0.15) is 0 Å². The number of aryl methyl sites for hydroxylation is 1. The van der Waals surface area contributed by atoms with Crippen molar-refractivity contribution in [1.82, 2.24) is 19.1 Å². The average molecular weight is 457 g/mol. The van der Waals surface area contributed by atoms with Crippen LogP contribution in [-0.2, 0) is 13.1 Å². The Kier molecular flexibility index (Phi) is 6.53. The maximum absolute atomic E-state index is 13.1. The molecule has 2 aromatic carbocycles. The first-order valence-electron chi connectivity index (χ1n) is 10.4. The van der Waals surface area contributed by atoms with E-state index < -0.39 is 0 Å². The van der Waals surface area contributed by atoms with Crippen molar-refractivity contribution in [3.63, 3.8) is 0 Å². The molecule has 0 aliphatic rings. The predicted molar refractivity (Wildman–Crippen MR) is 128 cm³/mol. The van der Waals surface area contributed by atoms with Crippen LogP contribution in [0.2, 0.25) is 5.02 Å². The summed E-state index contributed by atoms with van der Waals surface area (Å²) in [6.07, 6.45) is 1.68. The molecule has 4 aromatic rings. The Morgan fingerprint density at radius 2 is 1.90 bits per heavy atom. The minimum atomic E-state index is -0.0986. The second-order valence-electron chi connectivity index (χ2n) is 8.00. The summed E-state index contributed by atoms with van der Waals surface area (Å²) in [4.78, 5) is 33.0. The molecular weight excluding hydrogens is 432 g/mol. The number of H-pyrrole nitrogens is 1. The molecule has 0 atom stereocenters. The zero-order valence-corrected chi connectivity index (χ0v) is 19.2. The monoisotopic (exact) mass is 456 g/mol. The zero-order chi connectivity index (χ0) is 22.0. The second-order valence-corrected chi connectivity index (χ2v) is 9.49. The summed E-state index contributed by atoms with van der Waals surface area (Å²) >= 11 is 7.67. The molecule has 0 saturated carbocycles. The van der Waals surface area contributed by atoms with Gasteiger partial charge in [0.25, 0.3) is 5.56 Å². The van der Waals surface area contributed by atoms with Gasteiger partial charge in [-0.25, -0.2) is 9.78 Å². The Bertz CT molecular complexity index is 1340. The molecule has 0 saturated heterocycles. The van der Waals surface area contributed by atoms with Crippen LogP contribution in [-0.4, -0.2) is 24.9 Å². The van der Waals surface area contributed by atoms with Crippen LogP contribution in [0.5, 0.6) is 0 Å². The summed E-state index contributed by atoms with van der Waals surface area (Å²) in [5.41, 5.74) is 2.24. The van der Waals surface area contributed by atoms with Gasteiger partial charge in [0.05, 0.1) is 21.9 Å². The van der Waals surface area contributed by atoms with E-state index in [0.717, 1.165) is 29.6 Å². The molecule has 31 heavy (non-hydrogen) atoms. The fourth-order valence-corrected chi connectivity index (χ4v) is 4.70. The number of thioether (sulfide) groups is 1. The minimum absolute atomic E-state index is 0.0299. The second kappa shape index (κ2) is 9.32. The Balaban J connectivity index is 1.55. The lowest BCUT2D eigenvalue weighted by Gasteiger charge is -2.14. The summed E-state index contributed by atoms with van der Waals surface area (Å²) < 4.78 is 3.54. The summed E-state index contributed by atoms with van der Waals surface area (Å²) in [5.74, 6) is 1.23. The minimum Gasteiger partial charge on any atom is -0.306 e. The highest BCUT2D eigenvalue weighted by Gasteiger charge is 2.13. The standard InChI is InChI=1S/C23H25ClN4O2S/c1-15(2)10-12-28-21(29)17-9-8-16(24)14-19(17)26-23(28)31-13-5-11-27-20-7-4-3-6-18(20)25-22(27)30/h3-4,6-9,14-15H,5,10-13H2,1-2H3,(H,25,30). The van der Waals surface area contributed by atoms with Crippen molar-refractivity contribution in [2.45, 2.75) is 44.9 Å². The Labute approximate surface area is 189 Å².